The zero-order valence-electron chi connectivity index (χ0n) is 11.3. The van der Waals surface area contributed by atoms with Crippen LogP contribution in [0.25, 0.3) is 0 Å². The summed E-state index contributed by atoms with van der Waals surface area (Å²) in [4.78, 5) is 12.0. The molecule has 0 bridgehead atoms. The van der Waals surface area contributed by atoms with Crippen LogP contribution in [0.15, 0.2) is 48.5 Å². The number of carbonyl (C=O) groups excluding carboxylic acids is 1. The van der Waals surface area contributed by atoms with E-state index in [0.717, 1.165) is 0 Å². The van der Waals surface area contributed by atoms with Gasteiger partial charge in [0, 0.05) is 5.02 Å². The van der Waals surface area contributed by atoms with Gasteiger partial charge in [0.15, 0.2) is 11.5 Å². The fraction of sp³-hybridized carbons (Fsp3) is 0.188. The molecule has 0 saturated carbocycles. The maximum atomic E-state index is 12.0. The molecule has 0 atom stereocenters. The second-order valence-electron chi connectivity index (χ2n) is 4.51. The molecule has 0 amide bonds. The van der Waals surface area contributed by atoms with Crippen molar-refractivity contribution in [1.82, 2.24) is 0 Å². The van der Waals surface area contributed by atoms with Crippen LogP contribution in [-0.4, -0.2) is 12.1 Å². The first-order valence-electron chi connectivity index (χ1n) is 6.29. The van der Waals surface area contributed by atoms with Gasteiger partial charge < -0.3 is 9.47 Å². The Labute approximate surface area is 123 Å². The number of hydrogen-bond acceptors (Lipinski definition) is 3. The van der Waals surface area contributed by atoms with Gasteiger partial charge in [-0.3, -0.25) is 0 Å². The third kappa shape index (κ3) is 3.75. The van der Waals surface area contributed by atoms with Gasteiger partial charge >= 0.3 is 5.97 Å². The number of para-hydroxylation sites is 2. The Morgan fingerprint density at radius 2 is 1.60 bits per heavy atom. The fourth-order valence-electron chi connectivity index (χ4n) is 1.63. The van der Waals surface area contributed by atoms with Crippen molar-refractivity contribution in [2.75, 3.05) is 0 Å². The molecule has 0 N–H and O–H groups in total. The van der Waals surface area contributed by atoms with E-state index >= 15 is 0 Å². The molecule has 0 aromatic heterocycles. The van der Waals surface area contributed by atoms with Crippen molar-refractivity contribution in [2.45, 2.75) is 20.0 Å². The molecule has 104 valence electrons. The molecule has 2 rings (SSSR count). The highest BCUT2D eigenvalue weighted by atomic mass is 35.5. The zero-order valence-corrected chi connectivity index (χ0v) is 12.1. The van der Waals surface area contributed by atoms with Crippen molar-refractivity contribution < 1.29 is 14.3 Å². The molecular formula is C16H15ClO3. The van der Waals surface area contributed by atoms with E-state index in [-0.39, 0.29) is 6.10 Å². The van der Waals surface area contributed by atoms with Crippen LogP contribution in [0.1, 0.15) is 24.2 Å². The largest absolute Gasteiger partial charge is 0.487 e. The van der Waals surface area contributed by atoms with E-state index in [1.165, 1.54) is 0 Å². The van der Waals surface area contributed by atoms with Crippen molar-refractivity contribution in [1.29, 1.82) is 0 Å². The highest BCUT2D eigenvalue weighted by molar-refractivity contribution is 6.30. The SMILES string of the molecule is CC(C)Oc1ccccc1OC(=O)c1ccc(Cl)cc1. The lowest BCUT2D eigenvalue weighted by atomic mass is 10.2. The Morgan fingerprint density at radius 3 is 2.20 bits per heavy atom. The van der Waals surface area contributed by atoms with Gasteiger partial charge in [-0.15, -0.1) is 0 Å². The van der Waals surface area contributed by atoms with Gasteiger partial charge in [0.05, 0.1) is 11.7 Å². The van der Waals surface area contributed by atoms with Gasteiger partial charge in [-0.25, -0.2) is 4.79 Å². The molecule has 0 heterocycles. The van der Waals surface area contributed by atoms with E-state index in [4.69, 9.17) is 21.1 Å². The summed E-state index contributed by atoms with van der Waals surface area (Å²) in [6, 6.07) is 13.6. The Bertz CT molecular complexity index is 591. The van der Waals surface area contributed by atoms with Crippen molar-refractivity contribution in [3.05, 3.63) is 59.1 Å². The van der Waals surface area contributed by atoms with E-state index in [9.17, 15) is 4.79 Å². The minimum atomic E-state index is -0.443. The first kappa shape index (κ1) is 14.4. The van der Waals surface area contributed by atoms with Gasteiger partial charge in [-0.1, -0.05) is 23.7 Å². The molecule has 3 nitrogen and oxygen atoms in total. The van der Waals surface area contributed by atoms with Crippen LogP contribution in [0.3, 0.4) is 0 Å². The van der Waals surface area contributed by atoms with Crippen LogP contribution < -0.4 is 9.47 Å². The molecule has 0 aliphatic heterocycles. The number of carbonyl (C=O) groups is 1. The molecule has 4 heteroatoms. The topological polar surface area (TPSA) is 35.5 Å². The third-order valence-electron chi connectivity index (χ3n) is 2.49. The molecule has 2 aromatic rings. The summed E-state index contributed by atoms with van der Waals surface area (Å²) in [5.41, 5.74) is 0.439. The summed E-state index contributed by atoms with van der Waals surface area (Å²) in [5.74, 6) is 0.507. The molecular weight excluding hydrogens is 276 g/mol. The molecule has 2 aromatic carbocycles. The average Bonchev–Trinajstić information content (AvgIpc) is 2.41. The molecule has 0 fully saturated rings. The van der Waals surface area contributed by atoms with Crippen LogP contribution >= 0.6 is 11.6 Å². The summed E-state index contributed by atoms with van der Waals surface area (Å²) >= 11 is 5.79. The van der Waals surface area contributed by atoms with Gasteiger partial charge in [-0.05, 0) is 50.2 Å². The molecule has 0 saturated heterocycles. The van der Waals surface area contributed by atoms with E-state index in [1.807, 2.05) is 19.9 Å². The normalized spacial score (nSPS) is 10.4. The van der Waals surface area contributed by atoms with Crippen LogP contribution in [0.2, 0.25) is 5.02 Å². The molecule has 20 heavy (non-hydrogen) atoms. The second kappa shape index (κ2) is 6.44. The van der Waals surface area contributed by atoms with Crippen LogP contribution in [0.5, 0.6) is 11.5 Å². The minimum Gasteiger partial charge on any atom is -0.487 e. The van der Waals surface area contributed by atoms with Gasteiger partial charge in [-0.2, -0.15) is 0 Å². The maximum absolute atomic E-state index is 12.0. The lowest BCUT2D eigenvalue weighted by molar-refractivity contribution is 0.0725. The lowest BCUT2D eigenvalue weighted by Gasteiger charge is -2.13. The predicted molar refractivity (Wildman–Crippen MR) is 78.6 cm³/mol. The number of hydrogen-bond donors (Lipinski definition) is 0. The summed E-state index contributed by atoms with van der Waals surface area (Å²) in [7, 11) is 0. The number of benzene rings is 2. The van der Waals surface area contributed by atoms with E-state index in [0.29, 0.717) is 22.1 Å². The van der Waals surface area contributed by atoms with Crippen LogP contribution in [0, 0.1) is 0 Å². The first-order chi connectivity index (χ1) is 9.56. The molecule has 0 aliphatic rings. The van der Waals surface area contributed by atoms with Gasteiger partial charge in [0.2, 0.25) is 0 Å². The van der Waals surface area contributed by atoms with Crippen LogP contribution in [0.4, 0.5) is 0 Å². The van der Waals surface area contributed by atoms with Crippen molar-refractivity contribution >= 4 is 17.6 Å². The van der Waals surface area contributed by atoms with Gasteiger partial charge in [0.1, 0.15) is 0 Å². The molecule has 0 unspecified atom stereocenters. The summed E-state index contributed by atoms with van der Waals surface area (Å²) in [6.45, 7) is 3.83. The quantitative estimate of drug-likeness (QED) is 0.620. The average molecular weight is 291 g/mol. The molecule has 0 aliphatic carbocycles. The third-order valence-corrected chi connectivity index (χ3v) is 2.75. The zero-order chi connectivity index (χ0) is 14.5. The fourth-order valence-corrected chi connectivity index (χ4v) is 1.76. The smallest absolute Gasteiger partial charge is 0.343 e. The minimum absolute atomic E-state index is 0.00499. The second-order valence-corrected chi connectivity index (χ2v) is 4.95. The summed E-state index contributed by atoms with van der Waals surface area (Å²) in [6.07, 6.45) is 0.00499. The van der Waals surface area contributed by atoms with Crippen LogP contribution in [-0.2, 0) is 0 Å². The Balaban J connectivity index is 2.17. The Morgan fingerprint density at radius 1 is 1.00 bits per heavy atom. The number of ether oxygens (including phenoxy) is 2. The van der Waals surface area contributed by atoms with Crippen molar-refractivity contribution in [3.63, 3.8) is 0 Å². The monoisotopic (exact) mass is 290 g/mol. The number of rotatable bonds is 4. The van der Waals surface area contributed by atoms with E-state index in [2.05, 4.69) is 0 Å². The maximum Gasteiger partial charge on any atom is 0.343 e. The van der Waals surface area contributed by atoms with E-state index in [1.54, 1.807) is 42.5 Å². The van der Waals surface area contributed by atoms with Crippen molar-refractivity contribution in [2.24, 2.45) is 0 Å². The predicted octanol–water partition coefficient (Wildman–Crippen LogP) is 4.35. The lowest BCUT2D eigenvalue weighted by Crippen LogP contribution is -2.11. The van der Waals surface area contributed by atoms with Gasteiger partial charge in [0.25, 0.3) is 0 Å². The highest BCUT2D eigenvalue weighted by Crippen LogP contribution is 2.28. The molecule has 0 spiro atoms. The van der Waals surface area contributed by atoms with E-state index < -0.39 is 5.97 Å². The standard InChI is InChI=1S/C16H15ClO3/c1-11(2)19-14-5-3-4-6-15(14)20-16(18)12-7-9-13(17)10-8-12/h3-11H,1-2H3. The first-order valence-corrected chi connectivity index (χ1v) is 6.67. The number of esters is 1. The van der Waals surface area contributed by atoms with Crippen molar-refractivity contribution in [3.8, 4) is 11.5 Å². The summed E-state index contributed by atoms with van der Waals surface area (Å²) < 4.78 is 11.0. The highest BCUT2D eigenvalue weighted by Gasteiger charge is 2.12. The number of halogens is 1. The summed E-state index contributed by atoms with van der Waals surface area (Å²) in [5, 5.41) is 0.574. The Hall–Kier alpha value is -2.00. The Kier molecular flexibility index (Phi) is 4.64. The molecule has 0 radical (unpaired) electrons.